The highest BCUT2D eigenvalue weighted by Crippen LogP contribution is 2.44. The molecule has 0 saturated carbocycles. The number of nitrogens with zero attached hydrogens (tertiary/aromatic N) is 2. The molecule has 2 unspecified atom stereocenters. The summed E-state index contributed by atoms with van der Waals surface area (Å²) in [6.45, 7) is 1.66. The minimum absolute atomic E-state index is 0.232. The first kappa shape index (κ1) is 5.73. The normalized spacial score (nSPS) is 30.5. The standard InChI is InChI=1S/C13H13N3/c1-2-16-13-5-11-9-3-8(6-14-7-9)10(11)4-12(13)15-1/h1-2,4-5,8-9,14H,3,6-7H2/i1D,2D,4D,5D. The van der Waals surface area contributed by atoms with E-state index in [0.29, 0.717) is 23.1 Å². The lowest BCUT2D eigenvalue weighted by Gasteiger charge is -2.19. The molecule has 80 valence electrons. The number of fused-ring (bicyclic) bond motifs is 6. The van der Waals surface area contributed by atoms with Crippen LogP contribution in [0.2, 0.25) is 0 Å². The molecule has 2 aromatic rings. The summed E-state index contributed by atoms with van der Waals surface area (Å²) in [5.41, 5.74) is 2.40. The van der Waals surface area contributed by atoms with E-state index >= 15 is 0 Å². The predicted octanol–water partition coefficient (Wildman–Crippen LogP) is 1.80. The van der Waals surface area contributed by atoms with Crippen molar-refractivity contribution in [2.45, 2.75) is 18.3 Å². The van der Waals surface area contributed by atoms with Crippen molar-refractivity contribution in [3.63, 3.8) is 0 Å². The largest absolute Gasteiger partial charge is 0.316 e. The molecule has 16 heavy (non-hydrogen) atoms. The number of aromatic nitrogens is 2. The van der Waals surface area contributed by atoms with Crippen LogP contribution in [0.1, 0.15) is 34.9 Å². The molecule has 2 heterocycles. The number of hydrogen-bond acceptors (Lipinski definition) is 3. The van der Waals surface area contributed by atoms with Crippen molar-refractivity contribution < 1.29 is 5.48 Å². The average molecular weight is 215 g/mol. The van der Waals surface area contributed by atoms with Gasteiger partial charge >= 0.3 is 0 Å². The minimum Gasteiger partial charge on any atom is -0.316 e. The summed E-state index contributed by atoms with van der Waals surface area (Å²) in [5, 5.41) is 3.34. The van der Waals surface area contributed by atoms with E-state index in [1.54, 1.807) is 0 Å². The topological polar surface area (TPSA) is 37.8 Å². The van der Waals surface area contributed by atoms with E-state index in [1.165, 1.54) is 0 Å². The highest BCUT2D eigenvalue weighted by atomic mass is 14.9. The summed E-state index contributed by atoms with van der Waals surface area (Å²) < 4.78 is 31.9. The Morgan fingerprint density at radius 1 is 1.06 bits per heavy atom. The Morgan fingerprint density at radius 3 is 2.19 bits per heavy atom. The monoisotopic (exact) mass is 215 g/mol. The smallest absolute Gasteiger partial charge is 0.0889 e. The van der Waals surface area contributed by atoms with Gasteiger partial charge in [0.05, 0.1) is 16.5 Å². The van der Waals surface area contributed by atoms with Crippen molar-refractivity contribution in [2.24, 2.45) is 0 Å². The van der Waals surface area contributed by atoms with Crippen molar-refractivity contribution in [1.29, 1.82) is 0 Å². The summed E-state index contributed by atoms with van der Waals surface area (Å²) in [7, 11) is 0. The SMILES string of the molecule is [2H]c1nc2c([2H])c3c(c([2H])c2nc1[2H])C1CNCC3C1. The van der Waals surface area contributed by atoms with Gasteiger partial charge in [-0.15, -0.1) is 0 Å². The van der Waals surface area contributed by atoms with Gasteiger partial charge in [0.1, 0.15) is 0 Å². The van der Waals surface area contributed by atoms with Crippen LogP contribution in [0.3, 0.4) is 0 Å². The van der Waals surface area contributed by atoms with Crippen LogP contribution in [0.4, 0.5) is 0 Å². The van der Waals surface area contributed by atoms with Crippen LogP contribution in [0.15, 0.2) is 24.4 Å². The van der Waals surface area contributed by atoms with Gasteiger partial charge in [0.25, 0.3) is 0 Å². The number of benzene rings is 1. The van der Waals surface area contributed by atoms with Gasteiger partial charge in [0.2, 0.25) is 0 Å². The molecule has 0 amide bonds. The third-order valence-electron chi connectivity index (χ3n) is 3.57. The Balaban J connectivity index is 2.13. The zero-order chi connectivity index (χ0) is 14.0. The van der Waals surface area contributed by atoms with Crippen LogP contribution < -0.4 is 5.32 Å². The van der Waals surface area contributed by atoms with Crippen LogP contribution in [-0.4, -0.2) is 23.1 Å². The molecule has 1 aromatic carbocycles. The number of nitrogens with one attached hydrogen (secondary N) is 1. The van der Waals surface area contributed by atoms with Crippen molar-refractivity contribution in [3.8, 4) is 0 Å². The molecule has 1 aliphatic heterocycles. The highest BCUT2D eigenvalue weighted by Gasteiger charge is 2.34. The van der Waals surface area contributed by atoms with Gasteiger partial charge < -0.3 is 5.32 Å². The average Bonchev–Trinajstić information content (AvgIpc) is 2.69. The Kier molecular flexibility index (Phi) is 1.08. The summed E-state index contributed by atoms with van der Waals surface area (Å²) in [6.07, 6.45) is 0.506. The molecule has 2 bridgehead atoms. The third-order valence-corrected chi connectivity index (χ3v) is 3.57. The maximum Gasteiger partial charge on any atom is 0.0889 e. The molecule has 2 atom stereocenters. The Labute approximate surface area is 99.5 Å². The van der Waals surface area contributed by atoms with Gasteiger partial charge in [0.15, 0.2) is 0 Å². The third kappa shape index (κ3) is 1.06. The molecule has 1 saturated heterocycles. The first-order valence-corrected chi connectivity index (χ1v) is 5.56. The lowest BCUT2D eigenvalue weighted by molar-refractivity contribution is 0.454. The summed E-state index contributed by atoms with van der Waals surface area (Å²) in [4.78, 5) is 8.03. The van der Waals surface area contributed by atoms with Crippen molar-refractivity contribution in [1.82, 2.24) is 15.3 Å². The predicted molar refractivity (Wildman–Crippen MR) is 62.5 cm³/mol. The van der Waals surface area contributed by atoms with E-state index in [2.05, 4.69) is 15.3 Å². The lowest BCUT2D eigenvalue weighted by Crippen LogP contribution is -2.28. The minimum atomic E-state index is -0.232. The zero-order valence-corrected chi connectivity index (χ0v) is 8.67. The van der Waals surface area contributed by atoms with Crippen LogP contribution >= 0.6 is 0 Å². The molecule has 3 heteroatoms. The molecule has 3 nitrogen and oxygen atoms in total. The van der Waals surface area contributed by atoms with E-state index in [1.807, 2.05) is 0 Å². The lowest BCUT2D eigenvalue weighted by atomic mass is 9.98. The first-order chi connectivity index (χ1) is 9.58. The summed E-state index contributed by atoms with van der Waals surface area (Å²) >= 11 is 0. The zero-order valence-electron chi connectivity index (χ0n) is 12.7. The molecule has 0 radical (unpaired) electrons. The number of rotatable bonds is 0. The van der Waals surface area contributed by atoms with Gasteiger partial charge in [-0.3, -0.25) is 9.97 Å². The van der Waals surface area contributed by atoms with E-state index in [4.69, 9.17) is 5.48 Å². The quantitative estimate of drug-likeness (QED) is 0.728. The Bertz CT molecular complexity index is 686. The molecule has 0 spiro atoms. The summed E-state index contributed by atoms with van der Waals surface area (Å²) in [5.74, 6) is 0.521. The van der Waals surface area contributed by atoms with Crippen LogP contribution in [0.5, 0.6) is 0 Å². The number of piperidine rings is 1. The molecule has 4 rings (SSSR count). The van der Waals surface area contributed by atoms with Gasteiger partial charge in [-0.25, -0.2) is 0 Å². The fourth-order valence-electron chi connectivity index (χ4n) is 2.86. The maximum atomic E-state index is 8.38. The van der Waals surface area contributed by atoms with Crippen molar-refractivity contribution >= 4 is 11.0 Å². The Hall–Kier alpha value is -1.48. The van der Waals surface area contributed by atoms with Gasteiger partial charge in [-0.1, -0.05) is 0 Å². The molecule has 1 fully saturated rings. The van der Waals surface area contributed by atoms with E-state index in [9.17, 15) is 0 Å². The highest BCUT2D eigenvalue weighted by molar-refractivity contribution is 5.77. The van der Waals surface area contributed by atoms with Gasteiger partial charge in [0, 0.05) is 25.4 Å². The summed E-state index contributed by atoms with van der Waals surface area (Å²) in [6, 6.07) is 0.589. The fraction of sp³-hybridized carbons (Fsp3) is 0.385. The van der Waals surface area contributed by atoms with E-state index in [-0.39, 0.29) is 24.2 Å². The van der Waals surface area contributed by atoms with Gasteiger partial charge in [-0.2, -0.15) is 0 Å². The molecular weight excluding hydrogens is 198 g/mol. The van der Waals surface area contributed by atoms with Crippen LogP contribution in [-0.2, 0) is 0 Å². The second-order valence-corrected chi connectivity index (χ2v) is 4.51. The molecule has 1 aromatic heterocycles. The van der Waals surface area contributed by atoms with Crippen LogP contribution in [0.25, 0.3) is 11.0 Å². The molecular formula is C13H13N3. The van der Waals surface area contributed by atoms with Crippen molar-refractivity contribution in [3.05, 3.63) is 35.6 Å². The molecule has 1 aliphatic carbocycles. The number of hydrogen-bond donors (Lipinski definition) is 1. The second kappa shape index (κ2) is 3.01. The van der Waals surface area contributed by atoms with Gasteiger partial charge in [-0.05, 0) is 41.5 Å². The second-order valence-electron chi connectivity index (χ2n) is 4.51. The fourth-order valence-corrected chi connectivity index (χ4v) is 2.86. The maximum absolute atomic E-state index is 8.38. The van der Waals surface area contributed by atoms with Crippen LogP contribution in [0, 0.1) is 0 Å². The van der Waals surface area contributed by atoms with Crippen molar-refractivity contribution in [2.75, 3.05) is 13.1 Å². The van der Waals surface area contributed by atoms with E-state index in [0.717, 1.165) is 30.6 Å². The molecule has 1 N–H and O–H groups in total. The first-order valence-electron chi connectivity index (χ1n) is 7.56. The molecule has 2 aliphatic rings. The van der Waals surface area contributed by atoms with E-state index < -0.39 is 0 Å². The Morgan fingerprint density at radius 2 is 1.62 bits per heavy atom.